The van der Waals surface area contributed by atoms with Gasteiger partial charge in [0.1, 0.15) is 12.4 Å². The van der Waals surface area contributed by atoms with Gasteiger partial charge in [-0.3, -0.25) is 4.79 Å². The lowest BCUT2D eigenvalue weighted by molar-refractivity contribution is -0.146. The Bertz CT molecular complexity index is 455. The molecule has 0 spiro atoms. The average Bonchev–Trinajstić information content (AvgIpc) is 2.54. The Hall–Kier alpha value is -1.55. The summed E-state index contributed by atoms with van der Waals surface area (Å²) in [7, 11) is 1.63. The lowest BCUT2D eigenvalue weighted by atomic mass is 9.85. The molecule has 1 N–H and O–H groups in total. The Morgan fingerprint density at radius 2 is 2.33 bits per heavy atom. The second kappa shape index (κ2) is 8.03. The van der Waals surface area contributed by atoms with E-state index >= 15 is 0 Å². The number of benzene rings is 1. The molecule has 1 aliphatic rings. The molecule has 0 bridgehead atoms. The van der Waals surface area contributed by atoms with Crippen LogP contribution in [-0.4, -0.2) is 26.2 Å². The van der Waals surface area contributed by atoms with E-state index in [9.17, 15) is 4.79 Å². The number of carbonyl (C=O) groups is 1. The van der Waals surface area contributed by atoms with Crippen molar-refractivity contribution >= 4 is 5.97 Å². The summed E-state index contributed by atoms with van der Waals surface area (Å²) in [5.74, 6) is 1.62. The second-order valence-corrected chi connectivity index (χ2v) is 5.80. The molecule has 1 heterocycles. The number of hydrogen-bond acceptors (Lipinski definition) is 4. The van der Waals surface area contributed by atoms with Crippen LogP contribution in [0.5, 0.6) is 5.75 Å². The fraction of sp³-hybridized carbons (Fsp3) is 0.588. The maximum Gasteiger partial charge on any atom is 0.306 e. The molecule has 4 nitrogen and oxygen atoms in total. The molecule has 1 saturated heterocycles. The summed E-state index contributed by atoms with van der Waals surface area (Å²) in [6, 6.07) is 7.61. The zero-order valence-corrected chi connectivity index (χ0v) is 12.9. The SMILES string of the molecule is COc1cccc(COC(=O)CC(C)C2CCCNC2)c1. The van der Waals surface area contributed by atoms with Gasteiger partial charge >= 0.3 is 5.97 Å². The van der Waals surface area contributed by atoms with Crippen molar-refractivity contribution in [3.8, 4) is 5.75 Å². The molecule has 1 aliphatic heterocycles. The summed E-state index contributed by atoms with van der Waals surface area (Å²) in [6.07, 6.45) is 2.90. The highest BCUT2D eigenvalue weighted by Gasteiger charge is 2.22. The highest BCUT2D eigenvalue weighted by molar-refractivity contribution is 5.69. The van der Waals surface area contributed by atoms with E-state index in [1.807, 2.05) is 24.3 Å². The van der Waals surface area contributed by atoms with Crippen molar-refractivity contribution in [3.05, 3.63) is 29.8 Å². The topological polar surface area (TPSA) is 47.6 Å². The molecule has 0 radical (unpaired) electrons. The zero-order valence-electron chi connectivity index (χ0n) is 12.9. The number of rotatable bonds is 6. The van der Waals surface area contributed by atoms with Crippen molar-refractivity contribution < 1.29 is 14.3 Å². The van der Waals surface area contributed by atoms with Crippen LogP contribution in [0.2, 0.25) is 0 Å². The molecule has 1 fully saturated rings. The van der Waals surface area contributed by atoms with Gasteiger partial charge in [-0.1, -0.05) is 19.1 Å². The first-order valence-electron chi connectivity index (χ1n) is 7.68. The molecule has 0 saturated carbocycles. The van der Waals surface area contributed by atoms with E-state index in [-0.39, 0.29) is 5.97 Å². The molecule has 1 aromatic carbocycles. The van der Waals surface area contributed by atoms with Gasteiger partial charge in [0.25, 0.3) is 0 Å². The third kappa shape index (κ3) is 5.05. The van der Waals surface area contributed by atoms with E-state index in [0.717, 1.165) is 24.4 Å². The summed E-state index contributed by atoms with van der Waals surface area (Å²) < 4.78 is 10.5. The Morgan fingerprint density at radius 3 is 3.05 bits per heavy atom. The maximum absolute atomic E-state index is 12.0. The lowest BCUT2D eigenvalue weighted by Gasteiger charge is -2.27. The van der Waals surface area contributed by atoms with E-state index in [0.29, 0.717) is 24.9 Å². The summed E-state index contributed by atoms with van der Waals surface area (Å²) in [6.45, 7) is 4.57. The number of piperidine rings is 1. The van der Waals surface area contributed by atoms with Gasteiger partial charge in [0.15, 0.2) is 0 Å². The van der Waals surface area contributed by atoms with Gasteiger partial charge in [-0.25, -0.2) is 0 Å². The van der Waals surface area contributed by atoms with Crippen molar-refractivity contribution in [2.75, 3.05) is 20.2 Å². The van der Waals surface area contributed by atoms with Crippen LogP contribution in [0.25, 0.3) is 0 Å². The molecular formula is C17H25NO3. The fourth-order valence-electron chi connectivity index (χ4n) is 2.78. The van der Waals surface area contributed by atoms with Gasteiger partial charge in [0, 0.05) is 6.42 Å². The van der Waals surface area contributed by atoms with Crippen LogP contribution >= 0.6 is 0 Å². The third-order valence-corrected chi connectivity index (χ3v) is 4.16. The van der Waals surface area contributed by atoms with Crippen molar-refractivity contribution in [1.82, 2.24) is 5.32 Å². The van der Waals surface area contributed by atoms with E-state index < -0.39 is 0 Å². The van der Waals surface area contributed by atoms with Crippen LogP contribution in [0.3, 0.4) is 0 Å². The van der Waals surface area contributed by atoms with E-state index in [4.69, 9.17) is 9.47 Å². The molecular weight excluding hydrogens is 266 g/mol. The normalized spacial score (nSPS) is 19.8. The first-order chi connectivity index (χ1) is 10.2. The van der Waals surface area contributed by atoms with Crippen LogP contribution in [-0.2, 0) is 16.1 Å². The average molecular weight is 291 g/mol. The van der Waals surface area contributed by atoms with Crippen molar-refractivity contribution in [3.63, 3.8) is 0 Å². The monoisotopic (exact) mass is 291 g/mol. The van der Waals surface area contributed by atoms with Crippen LogP contribution in [0.4, 0.5) is 0 Å². The molecule has 1 aromatic rings. The molecule has 116 valence electrons. The van der Waals surface area contributed by atoms with Crippen LogP contribution < -0.4 is 10.1 Å². The molecule has 0 amide bonds. The quantitative estimate of drug-likeness (QED) is 0.819. The van der Waals surface area contributed by atoms with Crippen LogP contribution in [0.1, 0.15) is 31.7 Å². The largest absolute Gasteiger partial charge is 0.497 e. The van der Waals surface area contributed by atoms with Gasteiger partial charge in [-0.15, -0.1) is 0 Å². The lowest BCUT2D eigenvalue weighted by Crippen LogP contribution is -2.34. The highest BCUT2D eigenvalue weighted by Crippen LogP contribution is 2.23. The summed E-state index contributed by atoms with van der Waals surface area (Å²) >= 11 is 0. The number of carbonyl (C=O) groups excluding carboxylic acids is 1. The molecule has 0 aliphatic carbocycles. The highest BCUT2D eigenvalue weighted by atomic mass is 16.5. The number of methoxy groups -OCH3 is 1. The van der Waals surface area contributed by atoms with Crippen LogP contribution in [0, 0.1) is 11.8 Å². The first kappa shape index (κ1) is 15.8. The molecule has 2 unspecified atom stereocenters. The van der Waals surface area contributed by atoms with Crippen molar-refractivity contribution in [2.24, 2.45) is 11.8 Å². The molecule has 2 atom stereocenters. The predicted molar refractivity (Wildman–Crippen MR) is 82.2 cm³/mol. The number of nitrogens with one attached hydrogen (secondary N) is 1. The second-order valence-electron chi connectivity index (χ2n) is 5.80. The van der Waals surface area contributed by atoms with Crippen molar-refractivity contribution in [2.45, 2.75) is 32.8 Å². The Kier molecular flexibility index (Phi) is 6.05. The third-order valence-electron chi connectivity index (χ3n) is 4.16. The summed E-state index contributed by atoms with van der Waals surface area (Å²) in [4.78, 5) is 12.0. The number of esters is 1. The fourth-order valence-corrected chi connectivity index (χ4v) is 2.78. The maximum atomic E-state index is 12.0. The summed E-state index contributed by atoms with van der Waals surface area (Å²) in [5.41, 5.74) is 0.953. The molecule has 4 heteroatoms. The standard InChI is InChI=1S/C17H25NO3/c1-13(15-6-4-8-18-11-15)9-17(19)21-12-14-5-3-7-16(10-14)20-2/h3,5,7,10,13,15,18H,4,6,8-9,11-12H2,1-2H3. The zero-order chi connectivity index (χ0) is 15.1. The molecule has 21 heavy (non-hydrogen) atoms. The Morgan fingerprint density at radius 1 is 1.48 bits per heavy atom. The van der Waals surface area contributed by atoms with Gasteiger partial charge in [-0.05, 0) is 55.5 Å². The molecule has 2 rings (SSSR count). The number of hydrogen-bond donors (Lipinski definition) is 1. The minimum Gasteiger partial charge on any atom is -0.497 e. The molecule has 0 aromatic heterocycles. The Balaban J connectivity index is 1.75. The first-order valence-corrected chi connectivity index (χ1v) is 7.68. The smallest absolute Gasteiger partial charge is 0.306 e. The van der Waals surface area contributed by atoms with Gasteiger partial charge in [0.05, 0.1) is 7.11 Å². The van der Waals surface area contributed by atoms with Gasteiger partial charge in [0.2, 0.25) is 0 Å². The predicted octanol–water partition coefficient (Wildman–Crippen LogP) is 2.76. The minimum atomic E-state index is -0.115. The van der Waals surface area contributed by atoms with Gasteiger partial charge < -0.3 is 14.8 Å². The number of ether oxygens (including phenoxy) is 2. The minimum absolute atomic E-state index is 0.115. The van der Waals surface area contributed by atoms with E-state index in [1.165, 1.54) is 12.8 Å². The van der Waals surface area contributed by atoms with Crippen LogP contribution in [0.15, 0.2) is 24.3 Å². The Labute approximate surface area is 126 Å². The summed E-state index contributed by atoms with van der Waals surface area (Å²) in [5, 5.41) is 3.39. The van der Waals surface area contributed by atoms with E-state index in [2.05, 4.69) is 12.2 Å². The van der Waals surface area contributed by atoms with Crippen molar-refractivity contribution in [1.29, 1.82) is 0 Å². The van der Waals surface area contributed by atoms with E-state index in [1.54, 1.807) is 7.11 Å². The van der Waals surface area contributed by atoms with Gasteiger partial charge in [-0.2, -0.15) is 0 Å².